The second-order valence-electron chi connectivity index (χ2n) is 5.79. The molecule has 0 aliphatic rings. The zero-order valence-corrected chi connectivity index (χ0v) is 16.9. The molecule has 0 saturated heterocycles. The van der Waals surface area contributed by atoms with Crippen molar-refractivity contribution in [1.29, 1.82) is 0 Å². The van der Waals surface area contributed by atoms with Crippen molar-refractivity contribution in [3.05, 3.63) is 54.1 Å². The highest BCUT2D eigenvalue weighted by Crippen LogP contribution is 2.22. The number of benzene rings is 2. The Morgan fingerprint density at radius 2 is 1.68 bits per heavy atom. The molecule has 28 heavy (non-hydrogen) atoms. The molecule has 0 aliphatic heterocycles. The maximum Gasteiger partial charge on any atom is 0.285 e. The van der Waals surface area contributed by atoms with E-state index < -0.39 is 10.0 Å². The van der Waals surface area contributed by atoms with E-state index in [0.29, 0.717) is 11.3 Å². The highest BCUT2D eigenvalue weighted by atomic mass is 32.2. The fourth-order valence-electron chi connectivity index (χ4n) is 2.01. The first-order valence-corrected chi connectivity index (χ1v) is 10.4. The standard InChI is InChI=1S/C19H19N3O4S2/c1-4-13-20-28(25,26)17-11-5-14(6-12-17)18(23)21-15-7-9-16(10-8-15)27-19(24)22(2)3/h1,5-12,20H,13H2,2-3H3,(H,21,23). The normalized spacial score (nSPS) is 10.8. The Morgan fingerprint density at radius 1 is 1.07 bits per heavy atom. The number of amides is 2. The minimum absolute atomic E-state index is 0.0197. The van der Waals surface area contributed by atoms with Gasteiger partial charge in [0, 0.05) is 30.2 Å². The molecule has 0 saturated carbocycles. The summed E-state index contributed by atoms with van der Waals surface area (Å²) in [4.78, 5) is 26.3. The third-order valence-corrected chi connectivity index (χ3v) is 5.94. The molecule has 9 heteroatoms. The molecule has 2 rings (SSSR count). The summed E-state index contributed by atoms with van der Waals surface area (Å²) >= 11 is 1.08. The minimum Gasteiger partial charge on any atom is -0.339 e. The lowest BCUT2D eigenvalue weighted by Gasteiger charge is -2.10. The predicted octanol–water partition coefficient (Wildman–Crippen LogP) is 2.62. The van der Waals surface area contributed by atoms with Crippen LogP contribution in [0.25, 0.3) is 0 Å². The molecule has 0 bridgehead atoms. The van der Waals surface area contributed by atoms with Gasteiger partial charge in [0.25, 0.3) is 11.1 Å². The van der Waals surface area contributed by atoms with Gasteiger partial charge in [-0.3, -0.25) is 9.59 Å². The van der Waals surface area contributed by atoms with Crippen molar-refractivity contribution in [3.63, 3.8) is 0 Å². The van der Waals surface area contributed by atoms with Gasteiger partial charge in [-0.25, -0.2) is 8.42 Å². The number of hydrogen-bond acceptors (Lipinski definition) is 5. The molecule has 2 aromatic carbocycles. The highest BCUT2D eigenvalue weighted by molar-refractivity contribution is 8.13. The van der Waals surface area contributed by atoms with Crippen LogP contribution in [0.4, 0.5) is 10.5 Å². The van der Waals surface area contributed by atoms with Gasteiger partial charge in [-0.2, -0.15) is 4.72 Å². The number of sulfonamides is 1. The summed E-state index contributed by atoms with van der Waals surface area (Å²) in [6, 6.07) is 12.3. The Hall–Kier alpha value is -2.80. The maximum atomic E-state index is 12.3. The summed E-state index contributed by atoms with van der Waals surface area (Å²) in [5.74, 6) is 1.81. The number of terminal acetylenes is 1. The largest absolute Gasteiger partial charge is 0.339 e. The quantitative estimate of drug-likeness (QED) is 0.556. The van der Waals surface area contributed by atoms with Crippen molar-refractivity contribution in [2.75, 3.05) is 26.0 Å². The number of hydrogen-bond donors (Lipinski definition) is 2. The average Bonchev–Trinajstić information content (AvgIpc) is 2.68. The van der Waals surface area contributed by atoms with Gasteiger partial charge in [-0.15, -0.1) is 6.42 Å². The summed E-state index contributed by atoms with van der Waals surface area (Å²) in [6.07, 6.45) is 5.05. The van der Waals surface area contributed by atoms with Crippen LogP contribution in [0.5, 0.6) is 0 Å². The fraction of sp³-hybridized carbons (Fsp3) is 0.158. The van der Waals surface area contributed by atoms with Gasteiger partial charge in [0.2, 0.25) is 10.0 Å². The number of nitrogens with zero attached hydrogens (tertiary/aromatic N) is 1. The molecular weight excluding hydrogens is 398 g/mol. The van der Waals surface area contributed by atoms with Crippen molar-refractivity contribution in [2.45, 2.75) is 9.79 Å². The molecule has 0 heterocycles. The van der Waals surface area contributed by atoms with E-state index >= 15 is 0 Å². The van der Waals surface area contributed by atoms with Gasteiger partial charge >= 0.3 is 0 Å². The molecule has 0 unspecified atom stereocenters. The van der Waals surface area contributed by atoms with Gasteiger partial charge in [-0.1, -0.05) is 5.92 Å². The second kappa shape index (κ2) is 9.41. The molecule has 0 fully saturated rings. The predicted molar refractivity (Wildman–Crippen MR) is 110 cm³/mol. The maximum absolute atomic E-state index is 12.3. The highest BCUT2D eigenvalue weighted by Gasteiger charge is 2.14. The summed E-state index contributed by atoms with van der Waals surface area (Å²) in [6.45, 7) is -0.112. The molecule has 0 aliphatic carbocycles. The van der Waals surface area contributed by atoms with E-state index in [1.54, 1.807) is 38.4 Å². The molecule has 2 aromatic rings. The summed E-state index contributed by atoms with van der Waals surface area (Å²) in [5, 5.41) is 2.62. The first-order chi connectivity index (χ1) is 13.2. The first kappa shape index (κ1) is 21.5. The Labute approximate surface area is 168 Å². The molecular formula is C19H19N3O4S2. The summed E-state index contributed by atoms with van der Waals surface area (Å²) < 4.78 is 26.2. The van der Waals surface area contributed by atoms with Crippen LogP contribution in [-0.4, -0.2) is 45.1 Å². The number of anilines is 1. The smallest absolute Gasteiger partial charge is 0.285 e. The number of carbonyl (C=O) groups is 2. The lowest BCUT2D eigenvalue weighted by Crippen LogP contribution is -2.24. The number of nitrogens with one attached hydrogen (secondary N) is 2. The molecule has 0 atom stereocenters. The van der Waals surface area contributed by atoms with Crippen LogP contribution < -0.4 is 10.0 Å². The Morgan fingerprint density at radius 3 is 2.21 bits per heavy atom. The second-order valence-corrected chi connectivity index (χ2v) is 8.59. The molecule has 0 spiro atoms. The molecule has 2 amide bonds. The van der Waals surface area contributed by atoms with E-state index in [0.717, 1.165) is 16.7 Å². The van der Waals surface area contributed by atoms with Crippen LogP contribution in [0, 0.1) is 12.3 Å². The van der Waals surface area contributed by atoms with Crippen LogP contribution >= 0.6 is 11.8 Å². The molecule has 0 aromatic heterocycles. The van der Waals surface area contributed by atoms with Crippen molar-refractivity contribution < 1.29 is 18.0 Å². The van der Waals surface area contributed by atoms with Crippen LogP contribution in [0.15, 0.2) is 58.3 Å². The summed E-state index contributed by atoms with van der Waals surface area (Å²) in [7, 11) is -0.358. The van der Waals surface area contributed by atoms with Gasteiger partial charge in [-0.05, 0) is 60.3 Å². The van der Waals surface area contributed by atoms with E-state index in [9.17, 15) is 18.0 Å². The number of rotatable bonds is 6. The van der Waals surface area contributed by atoms with Crippen LogP contribution in [-0.2, 0) is 10.0 Å². The van der Waals surface area contributed by atoms with Crippen LogP contribution in [0.3, 0.4) is 0 Å². The third-order valence-electron chi connectivity index (χ3n) is 3.47. The molecule has 2 N–H and O–H groups in total. The third kappa shape index (κ3) is 5.85. The van der Waals surface area contributed by atoms with E-state index in [2.05, 4.69) is 16.0 Å². The van der Waals surface area contributed by atoms with Gasteiger partial charge in [0.05, 0.1) is 11.4 Å². The van der Waals surface area contributed by atoms with Crippen LogP contribution in [0.1, 0.15) is 10.4 Å². The topological polar surface area (TPSA) is 95.6 Å². The zero-order chi connectivity index (χ0) is 20.7. The van der Waals surface area contributed by atoms with E-state index in [1.165, 1.54) is 29.2 Å². The van der Waals surface area contributed by atoms with Crippen molar-refractivity contribution in [3.8, 4) is 12.3 Å². The summed E-state index contributed by atoms with van der Waals surface area (Å²) in [5.41, 5.74) is 0.858. The lowest BCUT2D eigenvalue weighted by molar-refractivity contribution is 0.102. The van der Waals surface area contributed by atoms with E-state index in [-0.39, 0.29) is 22.6 Å². The van der Waals surface area contributed by atoms with Crippen molar-refractivity contribution in [1.82, 2.24) is 9.62 Å². The molecule has 0 radical (unpaired) electrons. The number of carbonyl (C=O) groups excluding carboxylic acids is 2. The first-order valence-electron chi connectivity index (χ1n) is 8.06. The molecule has 7 nitrogen and oxygen atoms in total. The number of thioether (sulfide) groups is 1. The minimum atomic E-state index is -3.70. The zero-order valence-electron chi connectivity index (χ0n) is 15.3. The van der Waals surface area contributed by atoms with Crippen LogP contribution in [0.2, 0.25) is 0 Å². The van der Waals surface area contributed by atoms with E-state index in [1.807, 2.05) is 0 Å². The average molecular weight is 418 g/mol. The van der Waals surface area contributed by atoms with Gasteiger partial charge < -0.3 is 10.2 Å². The Bertz CT molecular complexity index is 993. The van der Waals surface area contributed by atoms with E-state index in [4.69, 9.17) is 6.42 Å². The van der Waals surface area contributed by atoms with Gasteiger partial charge in [0.1, 0.15) is 0 Å². The monoisotopic (exact) mass is 417 g/mol. The van der Waals surface area contributed by atoms with Crippen molar-refractivity contribution in [2.24, 2.45) is 0 Å². The molecule has 146 valence electrons. The Kier molecular flexibility index (Phi) is 7.23. The SMILES string of the molecule is C#CCNS(=O)(=O)c1ccc(C(=O)Nc2ccc(SC(=O)N(C)C)cc2)cc1. The lowest BCUT2D eigenvalue weighted by atomic mass is 10.2. The van der Waals surface area contributed by atoms with Gasteiger partial charge in [0.15, 0.2) is 0 Å². The fourth-order valence-corrected chi connectivity index (χ4v) is 3.60. The Balaban J connectivity index is 2.03. The van der Waals surface area contributed by atoms with Crippen molar-refractivity contribution >= 4 is 38.6 Å².